The molecule has 2 aliphatic carbocycles. The average Bonchev–Trinajstić information content (AvgIpc) is 2.56. The van der Waals surface area contributed by atoms with Gasteiger partial charge in [0.1, 0.15) is 0 Å². The number of fused-ring (bicyclic) bond motifs is 1. The van der Waals surface area contributed by atoms with Crippen molar-refractivity contribution in [2.24, 2.45) is 0 Å². The first-order valence-corrected chi connectivity index (χ1v) is 4.28. The molecule has 0 aromatic carbocycles. The Morgan fingerprint density at radius 3 is 1.79 bits per heavy atom. The van der Waals surface area contributed by atoms with Crippen molar-refractivity contribution in [1.29, 1.82) is 0 Å². The zero-order valence-corrected chi connectivity index (χ0v) is 8.01. The van der Waals surface area contributed by atoms with E-state index in [9.17, 15) is 0 Å². The van der Waals surface area contributed by atoms with Crippen LogP contribution in [0, 0.1) is 0 Å². The van der Waals surface area contributed by atoms with Gasteiger partial charge in [-0.1, -0.05) is 48.5 Å². The van der Waals surface area contributed by atoms with Crippen molar-refractivity contribution < 1.29 is 9.53 Å². The summed E-state index contributed by atoms with van der Waals surface area (Å²) in [5.41, 5.74) is 2.62. The number of methoxy groups -OCH3 is 1. The van der Waals surface area contributed by atoms with Gasteiger partial charge in [-0.3, -0.25) is 4.79 Å². The Hall–Kier alpha value is -1.83. The van der Waals surface area contributed by atoms with Crippen LogP contribution in [0.1, 0.15) is 0 Å². The summed E-state index contributed by atoms with van der Waals surface area (Å²) < 4.78 is 3.86. The maximum absolute atomic E-state index is 8.95. The summed E-state index contributed by atoms with van der Waals surface area (Å²) in [5, 5.41) is 0. The van der Waals surface area contributed by atoms with E-state index in [4.69, 9.17) is 4.79 Å². The van der Waals surface area contributed by atoms with Crippen molar-refractivity contribution in [2.45, 2.75) is 0 Å². The lowest BCUT2D eigenvalue weighted by Crippen LogP contribution is -1.68. The van der Waals surface area contributed by atoms with Gasteiger partial charge in [0.05, 0.1) is 7.11 Å². The van der Waals surface area contributed by atoms with E-state index in [1.54, 1.807) is 0 Å². The SMILES string of the molecule is COC=O.c1ccc2cccc-2cc1. The van der Waals surface area contributed by atoms with Crippen LogP contribution in [0.3, 0.4) is 0 Å². The van der Waals surface area contributed by atoms with Crippen LogP contribution < -0.4 is 0 Å². The van der Waals surface area contributed by atoms with E-state index in [1.165, 1.54) is 18.2 Å². The lowest BCUT2D eigenvalue weighted by molar-refractivity contribution is -0.126. The molecule has 0 aliphatic heterocycles. The fourth-order valence-corrected chi connectivity index (χ4v) is 1.13. The molecule has 2 nitrogen and oxygen atoms in total. The minimum atomic E-state index is 0.375. The van der Waals surface area contributed by atoms with Crippen LogP contribution in [0.4, 0.5) is 0 Å². The maximum atomic E-state index is 8.95. The van der Waals surface area contributed by atoms with E-state index in [-0.39, 0.29) is 0 Å². The molecule has 14 heavy (non-hydrogen) atoms. The molecule has 0 radical (unpaired) electrons. The second-order valence-electron chi connectivity index (χ2n) is 2.68. The third-order valence-corrected chi connectivity index (χ3v) is 1.75. The zero-order chi connectivity index (χ0) is 10.2. The van der Waals surface area contributed by atoms with E-state index in [2.05, 4.69) is 47.2 Å². The molecule has 0 aromatic heterocycles. The second kappa shape index (κ2) is 5.75. The van der Waals surface area contributed by atoms with Gasteiger partial charge in [-0.2, -0.15) is 0 Å². The van der Waals surface area contributed by atoms with Crippen molar-refractivity contribution in [3.63, 3.8) is 0 Å². The van der Waals surface area contributed by atoms with E-state index in [0.717, 1.165) is 0 Å². The molecule has 0 heterocycles. The van der Waals surface area contributed by atoms with E-state index >= 15 is 0 Å². The quantitative estimate of drug-likeness (QED) is 0.643. The fourth-order valence-electron chi connectivity index (χ4n) is 1.13. The second-order valence-corrected chi connectivity index (χ2v) is 2.68. The van der Waals surface area contributed by atoms with Crippen molar-refractivity contribution >= 4 is 6.47 Å². The Morgan fingerprint density at radius 1 is 0.929 bits per heavy atom. The molecular formula is C12H12O2. The lowest BCUT2D eigenvalue weighted by atomic mass is 10.2. The summed E-state index contributed by atoms with van der Waals surface area (Å²) in [6.07, 6.45) is 0. The van der Waals surface area contributed by atoms with Crippen LogP contribution in [0.15, 0.2) is 48.5 Å². The maximum Gasteiger partial charge on any atom is 0.292 e. The molecule has 0 spiro atoms. The van der Waals surface area contributed by atoms with Crippen LogP contribution in [-0.2, 0) is 9.53 Å². The summed E-state index contributed by atoms with van der Waals surface area (Å²) in [5.74, 6) is 0. The van der Waals surface area contributed by atoms with Gasteiger partial charge in [0.15, 0.2) is 0 Å². The molecular weight excluding hydrogens is 176 g/mol. The molecule has 0 amide bonds. The Kier molecular flexibility index (Phi) is 4.21. The molecule has 0 saturated heterocycles. The molecule has 0 bridgehead atoms. The summed E-state index contributed by atoms with van der Waals surface area (Å²) >= 11 is 0. The topological polar surface area (TPSA) is 26.3 Å². The van der Waals surface area contributed by atoms with Gasteiger partial charge in [-0.15, -0.1) is 0 Å². The molecule has 0 unspecified atom stereocenters. The van der Waals surface area contributed by atoms with Gasteiger partial charge >= 0.3 is 0 Å². The Morgan fingerprint density at radius 2 is 1.36 bits per heavy atom. The van der Waals surface area contributed by atoms with Gasteiger partial charge in [0.2, 0.25) is 0 Å². The lowest BCUT2D eigenvalue weighted by Gasteiger charge is -1.85. The van der Waals surface area contributed by atoms with Crippen LogP contribution in [-0.4, -0.2) is 13.6 Å². The van der Waals surface area contributed by atoms with Crippen molar-refractivity contribution in [2.75, 3.05) is 7.11 Å². The minimum Gasteiger partial charge on any atom is -0.471 e. The predicted octanol–water partition coefficient (Wildman–Crippen LogP) is 2.58. The van der Waals surface area contributed by atoms with Crippen LogP contribution in [0.2, 0.25) is 0 Å². The molecule has 2 heteroatoms. The first-order valence-electron chi connectivity index (χ1n) is 4.28. The van der Waals surface area contributed by atoms with Gasteiger partial charge in [-0.25, -0.2) is 0 Å². The molecule has 0 atom stereocenters. The number of carbonyl (C=O) groups excluding carboxylic acids is 1. The van der Waals surface area contributed by atoms with Crippen molar-refractivity contribution in [1.82, 2.24) is 0 Å². The highest BCUT2D eigenvalue weighted by molar-refractivity contribution is 5.65. The molecule has 2 rings (SSSR count). The highest BCUT2D eigenvalue weighted by Crippen LogP contribution is 2.19. The number of carbonyl (C=O) groups is 1. The van der Waals surface area contributed by atoms with Gasteiger partial charge in [0, 0.05) is 0 Å². The number of ether oxygens (including phenoxy) is 1. The van der Waals surface area contributed by atoms with Gasteiger partial charge in [-0.05, 0) is 11.1 Å². The molecule has 2 aliphatic rings. The summed E-state index contributed by atoms with van der Waals surface area (Å²) in [6.45, 7) is 0.375. The standard InChI is InChI=1S/C10H8.C2H4O2/c1-2-5-9-7-4-8-10(9)6-3-1;1-4-2-3/h1-8H;2H,1H3. The molecule has 72 valence electrons. The highest BCUT2D eigenvalue weighted by Gasteiger charge is 1.94. The third kappa shape index (κ3) is 2.90. The smallest absolute Gasteiger partial charge is 0.292 e. The van der Waals surface area contributed by atoms with Gasteiger partial charge < -0.3 is 4.74 Å². The largest absolute Gasteiger partial charge is 0.471 e. The first kappa shape index (κ1) is 10.3. The van der Waals surface area contributed by atoms with Gasteiger partial charge in [0.25, 0.3) is 6.47 Å². The number of hydrogen-bond donors (Lipinski definition) is 0. The predicted molar refractivity (Wildman–Crippen MR) is 56.1 cm³/mol. The average molecular weight is 188 g/mol. The first-order chi connectivity index (χ1) is 6.88. The Balaban J connectivity index is 0.000000213. The third-order valence-electron chi connectivity index (χ3n) is 1.75. The molecule has 0 N–H and O–H groups in total. The Bertz CT molecular complexity index is 330. The molecule has 0 aromatic rings. The number of hydrogen-bond acceptors (Lipinski definition) is 2. The van der Waals surface area contributed by atoms with E-state index < -0.39 is 0 Å². The van der Waals surface area contributed by atoms with E-state index in [0.29, 0.717) is 6.47 Å². The summed E-state index contributed by atoms with van der Waals surface area (Å²) in [7, 11) is 1.31. The highest BCUT2D eigenvalue weighted by atomic mass is 16.5. The van der Waals surface area contributed by atoms with Crippen LogP contribution >= 0.6 is 0 Å². The van der Waals surface area contributed by atoms with Crippen molar-refractivity contribution in [3.05, 3.63) is 48.5 Å². The monoisotopic (exact) mass is 188 g/mol. The fraction of sp³-hybridized carbons (Fsp3) is 0.0833. The molecule has 0 saturated carbocycles. The normalized spacial score (nSPS) is 8.64. The summed E-state index contributed by atoms with van der Waals surface area (Å²) in [4.78, 5) is 8.95. The van der Waals surface area contributed by atoms with Crippen molar-refractivity contribution in [3.8, 4) is 11.1 Å². The minimum absolute atomic E-state index is 0.375. The van der Waals surface area contributed by atoms with E-state index in [1.807, 2.05) is 6.07 Å². The van der Waals surface area contributed by atoms with Crippen LogP contribution in [0.5, 0.6) is 0 Å². The molecule has 0 fully saturated rings. The zero-order valence-electron chi connectivity index (χ0n) is 8.01. The Labute approximate surface area is 83.5 Å². The number of rotatable bonds is 1. The summed E-state index contributed by atoms with van der Waals surface area (Å²) in [6, 6.07) is 16.7. The van der Waals surface area contributed by atoms with Crippen LogP contribution in [0.25, 0.3) is 11.1 Å².